The Morgan fingerprint density at radius 1 is 1.22 bits per heavy atom. The zero-order valence-electron chi connectivity index (χ0n) is 11.8. The third kappa shape index (κ3) is 4.25. The molecule has 0 heterocycles. The first-order valence-electron chi connectivity index (χ1n) is 7.01. The summed E-state index contributed by atoms with van der Waals surface area (Å²) < 4.78 is 0. The van der Waals surface area contributed by atoms with Crippen molar-refractivity contribution in [1.82, 2.24) is 10.2 Å². The molecule has 18 heavy (non-hydrogen) atoms. The van der Waals surface area contributed by atoms with Crippen LogP contribution in [0.5, 0.6) is 0 Å². The van der Waals surface area contributed by atoms with E-state index < -0.39 is 0 Å². The second-order valence-corrected chi connectivity index (χ2v) is 5.88. The van der Waals surface area contributed by atoms with Gasteiger partial charge < -0.3 is 10.2 Å². The van der Waals surface area contributed by atoms with Gasteiger partial charge in [-0.2, -0.15) is 12.6 Å². The van der Waals surface area contributed by atoms with Crippen LogP contribution < -0.4 is 5.32 Å². The Hall–Kier alpha value is -0.0600. The van der Waals surface area contributed by atoms with Crippen LogP contribution >= 0.6 is 24.8 Å². The molecule has 0 bridgehead atoms. The fourth-order valence-electron chi connectivity index (χ4n) is 2.32. The number of rotatable bonds is 9. The summed E-state index contributed by atoms with van der Waals surface area (Å²) in [5.41, 5.74) is 2.46. The minimum Gasteiger partial charge on any atom is -0.387 e. The van der Waals surface area contributed by atoms with Gasteiger partial charge in [-0.3, -0.25) is 0 Å². The predicted molar refractivity (Wildman–Crippen MR) is 87.7 cm³/mol. The number of hydrogen-bond acceptors (Lipinski definition) is 4. The molecule has 0 spiro atoms. The average molecular weight is 287 g/mol. The lowest BCUT2D eigenvalue weighted by Crippen LogP contribution is -2.39. The van der Waals surface area contributed by atoms with Gasteiger partial charge in [-0.05, 0) is 51.4 Å². The van der Waals surface area contributed by atoms with Gasteiger partial charge in [-0.15, -0.1) is 0 Å². The second kappa shape index (κ2) is 8.18. The van der Waals surface area contributed by atoms with Crippen LogP contribution in [0.15, 0.2) is 11.3 Å². The molecule has 1 N–H and O–H groups in total. The first kappa shape index (κ1) is 16.0. The zero-order chi connectivity index (χ0) is 13.5. The number of nitrogens with zero attached hydrogens (tertiary/aromatic N) is 1. The molecule has 0 saturated carbocycles. The molecule has 0 saturated heterocycles. The topological polar surface area (TPSA) is 15.3 Å². The third-order valence-corrected chi connectivity index (χ3v) is 4.57. The van der Waals surface area contributed by atoms with Gasteiger partial charge in [0.15, 0.2) is 0 Å². The summed E-state index contributed by atoms with van der Waals surface area (Å²) in [6, 6.07) is 0. The molecule has 1 atom stereocenters. The van der Waals surface area contributed by atoms with Gasteiger partial charge in [0.25, 0.3) is 0 Å². The van der Waals surface area contributed by atoms with E-state index >= 15 is 0 Å². The van der Waals surface area contributed by atoms with E-state index in [1.165, 1.54) is 50.2 Å². The SMILES string of the molecule is CCCN(CCC)CCCNC1=C(C)C(=S)C1S. The molecule has 2 nitrogen and oxygen atoms in total. The highest BCUT2D eigenvalue weighted by atomic mass is 32.1. The summed E-state index contributed by atoms with van der Waals surface area (Å²) in [5, 5.41) is 3.65. The molecule has 1 aliphatic rings. The molecule has 0 fully saturated rings. The van der Waals surface area contributed by atoms with Gasteiger partial charge in [0.2, 0.25) is 0 Å². The summed E-state index contributed by atoms with van der Waals surface area (Å²) in [5.74, 6) is 0. The Bertz CT molecular complexity index is 307. The molecule has 1 unspecified atom stereocenters. The van der Waals surface area contributed by atoms with Crippen LogP contribution in [-0.2, 0) is 0 Å². The van der Waals surface area contributed by atoms with Gasteiger partial charge in [0.1, 0.15) is 0 Å². The van der Waals surface area contributed by atoms with Crippen molar-refractivity contribution < 1.29 is 0 Å². The maximum absolute atomic E-state index is 5.21. The summed E-state index contributed by atoms with van der Waals surface area (Å²) in [4.78, 5) is 3.55. The summed E-state index contributed by atoms with van der Waals surface area (Å²) in [6.07, 6.45) is 3.67. The van der Waals surface area contributed by atoms with Crippen molar-refractivity contribution in [2.24, 2.45) is 0 Å². The minimum absolute atomic E-state index is 0.169. The highest BCUT2D eigenvalue weighted by Crippen LogP contribution is 2.27. The summed E-state index contributed by atoms with van der Waals surface area (Å²) in [6.45, 7) is 11.2. The quantitative estimate of drug-likeness (QED) is 0.385. The Labute approximate surface area is 123 Å². The molecule has 1 aliphatic carbocycles. The number of thiol groups is 1. The van der Waals surface area contributed by atoms with Gasteiger partial charge in [0.05, 0.1) is 5.25 Å². The molecule has 1 rings (SSSR count). The van der Waals surface area contributed by atoms with Gasteiger partial charge in [-0.1, -0.05) is 26.1 Å². The highest BCUT2D eigenvalue weighted by molar-refractivity contribution is 7.87. The lowest BCUT2D eigenvalue weighted by atomic mass is 9.94. The Morgan fingerprint density at radius 2 is 1.83 bits per heavy atom. The first-order valence-corrected chi connectivity index (χ1v) is 7.93. The maximum atomic E-state index is 5.21. The van der Waals surface area contributed by atoms with E-state index in [2.05, 4.69) is 43.6 Å². The third-order valence-electron chi connectivity index (χ3n) is 3.34. The molecule has 0 amide bonds. The molecular weight excluding hydrogens is 260 g/mol. The molecule has 0 radical (unpaired) electrons. The normalized spacial score (nSPS) is 19.4. The summed E-state index contributed by atoms with van der Waals surface area (Å²) in [7, 11) is 0. The second-order valence-electron chi connectivity index (χ2n) is 4.93. The van der Waals surface area contributed by atoms with E-state index in [1.54, 1.807) is 0 Å². The molecular formula is C14H26N2S2. The summed E-state index contributed by atoms with van der Waals surface area (Å²) >= 11 is 9.68. The molecule has 0 aromatic carbocycles. The fraction of sp³-hybridized carbons (Fsp3) is 0.786. The van der Waals surface area contributed by atoms with E-state index in [1.807, 2.05) is 0 Å². The van der Waals surface area contributed by atoms with Crippen LogP contribution in [0.25, 0.3) is 0 Å². The van der Waals surface area contributed by atoms with Crippen molar-refractivity contribution in [2.75, 3.05) is 26.2 Å². The van der Waals surface area contributed by atoms with Crippen LogP contribution in [-0.4, -0.2) is 41.2 Å². The molecule has 104 valence electrons. The van der Waals surface area contributed by atoms with Crippen molar-refractivity contribution in [3.05, 3.63) is 11.3 Å². The van der Waals surface area contributed by atoms with Crippen LogP contribution in [0.4, 0.5) is 0 Å². The van der Waals surface area contributed by atoms with Crippen LogP contribution in [0.1, 0.15) is 40.0 Å². The molecule has 0 aromatic heterocycles. The predicted octanol–water partition coefficient (Wildman–Crippen LogP) is 3.04. The highest BCUT2D eigenvalue weighted by Gasteiger charge is 2.29. The van der Waals surface area contributed by atoms with E-state index in [9.17, 15) is 0 Å². The Balaban J connectivity index is 2.20. The van der Waals surface area contributed by atoms with Gasteiger partial charge in [0, 0.05) is 17.1 Å². The first-order chi connectivity index (χ1) is 8.61. The van der Waals surface area contributed by atoms with Crippen molar-refractivity contribution >= 4 is 29.7 Å². The standard InChI is InChI=1S/C14H26N2S2/c1-4-8-16(9-5-2)10-6-7-15-12-11(3)13(17)14(12)18/h14-15,18H,4-10H2,1-3H3. The fourth-order valence-corrected chi connectivity index (χ4v) is 3.03. The zero-order valence-corrected chi connectivity index (χ0v) is 13.5. The monoisotopic (exact) mass is 286 g/mol. The van der Waals surface area contributed by atoms with Gasteiger partial charge >= 0.3 is 0 Å². The molecule has 4 heteroatoms. The van der Waals surface area contributed by atoms with Crippen LogP contribution in [0.3, 0.4) is 0 Å². The van der Waals surface area contributed by atoms with Crippen molar-refractivity contribution in [3.63, 3.8) is 0 Å². The maximum Gasteiger partial charge on any atom is 0.0771 e. The lowest BCUT2D eigenvalue weighted by molar-refractivity contribution is 0.271. The van der Waals surface area contributed by atoms with Crippen LogP contribution in [0, 0.1) is 0 Å². The average Bonchev–Trinajstić information content (AvgIpc) is 2.37. The van der Waals surface area contributed by atoms with Crippen LogP contribution in [0.2, 0.25) is 0 Å². The van der Waals surface area contributed by atoms with E-state index in [-0.39, 0.29) is 5.25 Å². The lowest BCUT2D eigenvalue weighted by Gasteiger charge is -2.30. The number of nitrogens with one attached hydrogen (secondary N) is 1. The minimum atomic E-state index is 0.169. The van der Waals surface area contributed by atoms with E-state index in [0.29, 0.717) is 0 Å². The van der Waals surface area contributed by atoms with E-state index in [0.717, 1.165) is 11.4 Å². The molecule has 0 aliphatic heterocycles. The van der Waals surface area contributed by atoms with Crippen molar-refractivity contribution in [2.45, 2.75) is 45.3 Å². The van der Waals surface area contributed by atoms with Gasteiger partial charge in [-0.25, -0.2) is 0 Å². The molecule has 0 aromatic rings. The van der Waals surface area contributed by atoms with E-state index in [4.69, 9.17) is 12.2 Å². The number of thiocarbonyl (C=S) groups is 1. The van der Waals surface area contributed by atoms with Crippen molar-refractivity contribution in [1.29, 1.82) is 0 Å². The smallest absolute Gasteiger partial charge is 0.0771 e. The Kier molecular flexibility index (Phi) is 7.27. The number of allylic oxidation sites excluding steroid dienone is 1. The Morgan fingerprint density at radius 3 is 2.33 bits per heavy atom. The van der Waals surface area contributed by atoms with Crippen molar-refractivity contribution in [3.8, 4) is 0 Å². The largest absolute Gasteiger partial charge is 0.387 e. The number of hydrogen-bond donors (Lipinski definition) is 2.